The Morgan fingerprint density at radius 1 is 1.45 bits per heavy atom. The zero-order chi connectivity index (χ0) is 8.27. The molecule has 0 aliphatic heterocycles. The maximum Gasteiger partial charge on any atom is 0.00669 e. The van der Waals surface area contributed by atoms with E-state index in [1.165, 1.54) is 25.7 Å². The summed E-state index contributed by atoms with van der Waals surface area (Å²) in [4.78, 5) is 0. The average molecular weight is 155 g/mol. The summed E-state index contributed by atoms with van der Waals surface area (Å²) >= 11 is 0. The first-order valence-electron chi connectivity index (χ1n) is 4.95. The molecule has 0 aromatic rings. The molecule has 3 unspecified atom stereocenters. The Bertz CT molecular complexity index is 111. The monoisotopic (exact) mass is 155 g/mol. The molecule has 0 radical (unpaired) electrons. The zero-order valence-electron chi connectivity index (χ0n) is 8.06. The van der Waals surface area contributed by atoms with Crippen molar-refractivity contribution in [3.05, 3.63) is 0 Å². The van der Waals surface area contributed by atoms with Crippen LogP contribution in [-0.4, -0.2) is 13.1 Å². The van der Waals surface area contributed by atoms with Crippen molar-refractivity contribution in [1.82, 2.24) is 5.32 Å². The largest absolute Gasteiger partial charge is 0.317 e. The van der Waals surface area contributed by atoms with Gasteiger partial charge in [-0.15, -0.1) is 0 Å². The molecule has 1 rings (SSSR count). The van der Waals surface area contributed by atoms with Crippen molar-refractivity contribution < 1.29 is 0 Å². The number of hydrogen-bond acceptors (Lipinski definition) is 1. The Labute approximate surface area is 70.6 Å². The lowest BCUT2D eigenvalue weighted by Crippen LogP contribution is -2.22. The summed E-state index contributed by atoms with van der Waals surface area (Å²) in [5, 5.41) is 3.37. The number of rotatable bonds is 3. The van der Waals surface area contributed by atoms with Gasteiger partial charge in [0, 0.05) is 6.04 Å². The smallest absolute Gasteiger partial charge is 0.00669 e. The van der Waals surface area contributed by atoms with Crippen molar-refractivity contribution in [3.8, 4) is 0 Å². The van der Waals surface area contributed by atoms with Gasteiger partial charge in [0.1, 0.15) is 0 Å². The molecule has 0 aromatic carbocycles. The van der Waals surface area contributed by atoms with Crippen molar-refractivity contribution in [2.75, 3.05) is 7.05 Å². The molecule has 66 valence electrons. The minimum atomic E-state index is 0.814. The van der Waals surface area contributed by atoms with E-state index in [2.05, 4.69) is 26.2 Å². The topological polar surface area (TPSA) is 12.0 Å². The lowest BCUT2D eigenvalue weighted by Gasteiger charge is -2.17. The van der Waals surface area contributed by atoms with Crippen LogP contribution in [0.15, 0.2) is 0 Å². The van der Waals surface area contributed by atoms with Crippen molar-refractivity contribution in [2.24, 2.45) is 11.8 Å². The van der Waals surface area contributed by atoms with E-state index in [1.807, 2.05) is 0 Å². The lowest BCUT2D eigenvalue weighted by molar-refractivity contribution is 0.349. The van der Waals surface area contributed by atoms with Gasteiger partial charge < -0.3 is 5.32 Å². The number of hydrogen-bond donors (Lipinski definition) is 1. The first kappa shape index (κ1) is 9.05. The Kier molecular flexibility index (Phi) is 3.38. The van der Waals surface area contributed by atoms with E-state index in [1.54, 1.807) is 0 Å². The van der Waals surface area contributed by atoms with E-state index in [4.69, 9.17) is 0 Å². The van der Waals surface area contributed by atoms with Crippen molar-refractivity contribution in [2.45, 2.75) is 45.6 Å². The fourth-order valence-electron chi connectivity index (χ4n) is 2.13. The van der Waals surface area contributed by atoms with Gasteiger partial charge in [-0.25, -0.2) is 0 Å². The molecule has 0 aromatic heterocycles. The lowest BCUT2D eigenvalue weighted by atomic mass is 9.90. The first-order valence-corrected chi connectivity index (χ1v) is 4.95. The minimum absolute atomic E-state index is 0.814. The molecule has 1 fully saturated rings. The highest BCUT2D eigenvalue weighted by atomic mass is 14.9. The van der Waals surface area contributed by atoms with Gasteiger partial charge in [0.15, 0.2) is 0 Å². The van der Waals surface area contributed by atoms with Crippen LogP contribution in [0.2, 0.25) is 0 Å². The average Bonchev–Trinajstić information content (AvgIpc) is 2.50. The predicted octanol–water partition coefficient (Wildman–Crippen LogP) is 2.42. The van der Waals surface area contributed by atoms with Gasteiger partial charge in [-0.3, -0.25) is 0 Å². The molecule has 1 N–H and O–H groups in total. The highest BCUT2D eigenvalue weighted by molar-refractivity contribution is 4.81. The fourth-order valence-corrected chi connectivity index (χ4v) is 2.13. The van der Waals surface area contributed by atoms with E-state index in [0.29, 0.717) is 0 Å². The second-order valence-electron chi connectivity index (χ2n) is 3.94. The second kappa shape index (κ2) is 4.10. The summed E-state index contributed by atoms with van der Waals surface area (Å²) in [6, 6.07) is 0.814. The highest BCUT2D eigenvalue weighted by Gasteiger charge is 2.26. The van der Waals surface area contributed by atoms with Gasteiger partial charge in [0.25, 0.3) is 0 Å². The fraction of sp³-hybridized carbons (Fsp3) is 1.00. The number of nitrogens with one attached hydrogen (secondary N) is 1. The third-order valence-electron chi connectivity index (χ3n) is 3.33. The van der Waals surface area contributed by atoms with Crippen molar-refractivity contribution in [3.63, 3.8) is 0 Å². The van der Waals surface area contributed by atoms with Gasteiger partial charge >= 0.3 is 0 Å². The van der Waals surface area contributed by atoms with Gasteiger partial charge in [0.05, 0.1) is 0 Å². The molecular weight excluding hydrogens is 134 g/mol. The summed E-state index contributed by atoms with van der Waals surface area (Å²) in [5.74, 6) is 1.94. The maximum atomic E-state index is 3.37. The van der Waals surface area contributed by atoms with E-state index in [0.717, 1.165) is 17.9 Å². The van der Waals surface area contributed by atoms with E-state index < -0.39 is 0 Å². The molecule has 3 atom stereocenters. The molecule has 1 aliphatic rings. The van der Waals surface area contributed by atoms with Crippen LogP contribution < -0.4 is 5.32 Å². The zero-order valence-corrected chi connectivity index (χ0v) is 8.06. The normalized spacial score (nSPS) is 34.1. The standard InChI is InChI=1S/C10H21N/c1-4-8(2)9-5-6-10(7-9)11-3/h8-11H,4-7H2,1-3H3. The van der Waals surface area contributed by atoms with Crippen LogP contribution in [0.4, 0.5) is 0 Å². The molecular formula is C10H21N. The van der Waals surface area contributed by atoms with Crippen molar-refractivity contribution in [1.29, 1.82) is 0 Å². The third-order valence-corrected chi connectivity index (χ3v) is 3.33. The first-order chi connectivity index (χ1) is 5.27. The van der Waals surface area contributed by atoms with Crippen LogP contribution >= 0.6 is 0 Å². The summed E-state index contributed by atoms with van der Waals surface area (Å²) in [5.41, 5.74) is 0. The van der Waals surface area contributed by atoms with E-state index in [-0.39, 0.29) is 0 Å². The molecule has 1 aliphatic carbocycles. The highest BCUT2D eigenvalue weighted by Crippen LogP contribution is 2.32. The quantitative estimate of drug-likeness (QED) is 0.660. The van der Waals surface area contributed by atoms with Crippen LogP contribution in [0.25, 0.3) is 0 Å². The van der Waals surface area contributed by atoms with Crippen LogP contribution in [0.5, 0.6) is 0 Å². The van der Waals surface area contributed by atoms with Gasteiger partial charge in [-0.1, -0.05) is 20.3 Å². The van der Waals surface area contributed by atoms with Crippen LogP contribution in [0.1, 0.15) is 39.5 Å². The molecule has 0 bridgehead atoms. The van der Waals surface area contributed by atoms with Crippen LogP contribution in [0, 0.1) is 11.8 Å². The van der Waals surface area contributed by atoms with Gasteiger partial charge in [-0.05, 0) is 38.1 Å². The van der Waals surface area contributed by atoms with E-state index >= 15 is 0 Å². The summed E-state index contributed by atoms with van der Waals surface area (Å²) in [6.07, 6.45) is 5.60. The maximum absolute atomic E-state index is 3.37. The summed E-state index contributed by atoms with van der Waals surface area (Å²) in [6.45, 7) is 4.69. The molecule has 11 heavy (non-hydrogen) atoms. The minimum Gasteiger partial charge on any atom is -0.317 e. The Hall–Kier alpha value is -0.0400. The Morgan fingerprint density at radius 2 is 2.18 bits per heavy atom. The van der Waals surface area contributed by atoms with Gasteiger partial charge in [-0.2, -0.15) is 0 Å². The summed E-state index contributed by atoms with van der Waals surface area (Å²) < 4.78 is 0. The molecule has 0 saturated heterocycles. The van der Waals surface area contributed by atoms with E-state index in [9.17, 15) is 0 Å². The Morgan fingerprint density at radius 3 is 2.64 bits per heavy atom. The van der Waals surface area contributed by atoms with Crippen LogP contribution in [-0.2, 0) is 0 Å². The van der Waals surface area contributed by atoms with Crippen LogP contribution in [0.3, 0.4) is 0 Å². The molecule has 0 amide bonds. The molecule has 0 heterocycles. The molecule has 0 spiro atoms. The second-order valence-corrected chi connectivity index (χ2v) is 3.94. The third kappa shape index (κ3) is 2.19. The Balaban J connectivity index is 2.29. The molecule has 1 nitrogen and oxygen atoms in total. The molecule has 1 saturated carbocycles. The van der Waals surface area contributed by atoms with Gasteiger partial charge in [0.2, 0.25) is 0 Å². The molecule has 1 heteroatoms. The SMILES string of the molecule is CCC(C)C1CCC(NC)C1. The summed E-state index contributed by atoms with van der Waals surface area (Å²) in [7, 11) is 2.09. The van der Waals surface area contributed by atoms with Crippen molar-refractivity contribution >= 4 is 0 Å². The predicted molar refractivity (Wildman–Crippen MR) is 49.6 cm³/mol.